The standard InChI is InChI=1S/C15H22N2O3.ClH/c1-10-5-4-6-12(7-10)8-13(15(19)20-3)9-17-14(18)11(2)16;/h4-7,11,13H,8-9,16H2,1-3H3,(H,17,18);1H/t11-,13?;/m0./s1. The van der Waals surface area contributed by atoms with Crippen molar-refractivity contribution in [1.29, 1.82) is 0 Å². The molecule has 0 aromatic heterocycles. The van der Waals surface area contributed by atoms with E-state index in [-0.39, 0.29) is 30.8 Å². The minimum absolute atomic E-state index is 0. The van der Waals surface area contributed by atoms with E-state index < -0.39 is 12.0 Å². The molecule has 0 aliphatic carbocycles. The first-order valence-corrected chi connectivity index (χ1v) is 6.60. The van der Waals surface area contributed by atoms with E-state index in [0.717, 1.165) is 11.1 Å². The summed E-state index contributed by atoms with van der Waals surface area (Å²) in [6.07, 6.45) is 0.521. The van der Waals surface area contributed by atoms with Crippen molar-refractivity contribution < 1.29 is 14.3 Å². The topological polar surface area (TPSA) is 81.4 Å². The molecule has 1 rings (SSSR count). The molecule has 21 heavy (non-hydrogen) atoms. The Morgan fingerprint density at radius 1 is 1.38 bits per heavy atom. The predicted octanol–water partition coefficient (Wildman–Crippen LogP) is 1.21. The number of ether oxygens (including phenoxy) is 1. The van der Waals surface area contributed by atoms with E-state index in [0.29, 0.717) is 6.42 Å². The smallest absolute Gasteiger partial charge is 0.310 e. The molecule has 0 heterocycles. The van der Waals surface area contributed by atoms with Gasteiger partial charge in [0.15, 0.2) is 0 Å². The van der Waals surface area contributed by atoms with E-state index >= 15 is 0 Å². The van der Waals surface area contributed by atoms with Gasteiger partial charge in [0.2, 0.25) is 5.91 Å². The zero-order valence-electron chi connectivity index (χ0n) is 12.6. The van der Waals surface area contributed by atoms with Crippen LogP contribution in [0, 0.1) is 12.8 Å². The van der Waals surface area contributed by atoms with Gasteiger partial charge in [-0.2, -0.15) is 0 Å². The number of methoxy groups -OCH3 is 1. The quantitative estimate of drug-likeness (QED) is 0.773. The molecule has 1 unspecified atom stereocenters. The number of nitrogens with one attached hydrogen (secondary N) is 1. The minimum Gasteiger partial charge on any atom is -0.469 e. The van der Waals surface area contributed by atoms with Crippen LogP contribution >= 0.6 is 12.4 Å². The third-order valence-corrected chi connectivity index (χ3v) is 3.04. The second kappa shape index (κ2) is 9.37. The van der Waals surface area contributed by atoms with Gasteiger partial charge in [-0.15, -0.1) is 12.4 Å². The molecule has 0 spiro atoms. The number of halogens is 1. The van der Waals surface area contributed by atoms with Gasteiger partial charge in [0.25, 0.3) is 0 Å². The maximum atomic E-state index is 11.8. The highest BCUT2D eigenvalue weighted by Crippen LogP contribution is 2.12. The third kappa shape index (κ3) is 6.60. The zero-order chi connectivity index (χ0) is 15.1. The summed E-state index contributed by atoms with van der Waals surface area (Å²) in [5.74, 6) is -1.02. The number of hydrogen-bond acceptors (Lipinski definition) is 4. The van der Waals surface area contributed by atoms with Crippen molar-refractivity contribution in [3.63, 3.8) is 0 Å². The van der Waals surface area contributed by atoms with Crippen molar-refractivity contribution in [3.05, 3.63) is 35.4 Å². The highest BCUT2D eigenvalue weighted by atomic mass is 35.5. The number of nitrogens with two attached hydrogens (primary N) is 1. The SMILES string of the molecule is COC(=O)C(CNC(=O)[C@H](C)N)Cc1cccc(C)c1.Cl. The van der Waals surface area contributed by atoms with Crippen molar-refractivity contribution in [2.75, 3.05) is 13.7 Å². The van der Waals surface area contributed by atoms with Crippen LogP contribution in [0.5, 0.6) is 0 Å². The first-order valence-electron chi connectivity index (χ1n) is 6.60. The van der Waals surface area contributed by atoms with Crippen LogP contribution in [0.4, 0.5) is 0 Å². The van der Waals surface area contributed by atoms with Crippen LogP contribution in [-0.2, 0) is 20.7 Å². The molecule has 0 bridgehead atoms. The summed E-state index contributed by atoms with van der Waals surface area (Å²) in [7, 11) is 1.35. The van der Waals surface area contributed by atoms with Gasteiger partial charge in [0.1, 0.15) is 0 Å². The van der Waals surface area contributed by atoms with E-state index in [4.69, 9.17) is 10.5 Å². The zero-order valence-corrected chi connectivity index (χ0v) is 13.4. The van der Waals surface area contributed by atoms with Crippen LogP contribution in [0.2, 0.25) is 0 Å². The van der Waals surface area contributed by atoms with E-state index in [9.17, 15) is 9.59 Å². The molecule has 0 radical (unpaired) electrons. The monoisotopic (exact) mass is 314 g/mol. The van der Waals surface area contributed by atoms with Gasteiger partial charge < -0.3 is 15.8 Å². The number of esters is 1. The number of benzene rings is 1. The Morgan fingerprint density at radius 3 is 2.57 bits per heavy atom. The van der Waals surface area contributed by atoms with Crippen LogP contribution in [0.1, 0.15) is 18.1 Å². The van der Waals surface area contributed by atoms with Crippen molar-refractivity contribution in [1.82, 2.24) is 5.32 Å². The number of carbonyl (C=O) groups excluding carboxylic acids is 2. The lowest BCUT2D eigenvalue weighted by atomic mass is 9.98. The lowest BCUT2D eigenvalue weighted by Crippen LogP contribution is -2.42. The second-order valence-corrected chi connectivity index (χ2v) is 4.95. The Morgan fingerprint density at radius 2 is 2.05 bits per heavy atom. The summed E-state index contributed by atoms with van der Waals surface area (Å²) in [5, 5.41) is 2.67. The lowest BCUT2D eigenvalue weighted by molar-refractivity contribution is -0.145. The highest BCUT2D eigenvalue weighted by Gasteiger charge is 2.21. The van der Waals surface area contributed by atoms with Gasteiger partial charge in [-0.1, -0.05) is 29.8 Å². The summed E-state index contributed by atoms with van der Waals surface area (Å²) >= 11 is 0. The Balaban J connectivity index is 0.00000400. The molecule has 5 nitrogen and oxygen atoms in total. The van der Waals surface area contributed by atoms with Crippen molar-refractivity contribution >= 4 is 24.3 Å². The lowest BCUT2D eigenvalue weighted by Gasteiger charge is -2.16. The fourth-order valence-corrected chi connectivity index (χ4v) is 1.91. The van der Waals surface area contributed by atoms with E-state index in [1.807, 2.05) is 31.2 Å². The first kappa shape index (κ1) is 19.4. The number of hydrogen-bond donors (Lipinski definition) is 2. The Labute approximate surface area is 131 Å². The number of aryl methyl sites for hydroxylation is 1. The van der Waals surface area contributed by atoms with Crippen molar-refractivity contribution in [2.45, 2.75) is 26.3 Å². The van der Waals surface area contributed by atoms with Crippen LogP contribution in [0.15, 0.2) is 24.3 Å². The van der Waals surface area contributed by atoms with Gasteiger partial charge in [-0.05, 0) is 25.8 Å². The van der Waals surface area contributed by atoms with Crippen LogP contribution in [0.3, 0.4) is 0 Å². The molecule has 0 aliphatic rings. The fourth-order valence-electron chi connectivity index (χ4n) is 1.91. The normalized spacial score (nSPS) is 12.8. The summed E-state index contributed by atoms with van der Waals surface area (Å²) in [6, 6.07) is 7.32. The molecule has 3 N–H and O–H groups in total. The molecule has 1 amide bonds. The van der Waals surface area contributed by atoms with E-state index in [1.165, 1.54) is 7.11 Å². The van der Waals surface area contributed by atoms with Crippen molar-refractivity contribution in [2.24, 2.45) is 11.7 Å². The van der Waals surface area contributed by atoms with Gasteiger partial charge in [0, 0.05) is 6.54 Å². The number of carbonyl (C=O) groups is 2. The second-order valence-electron chi connectivity index (χ2n) is 4.95. The molecule has 6 heteroatoms. The molecular weight excluding hydrogens is 292 g/mol. The maximum absolute atomic E-state index is 11.8. The molecule has 1 aromatic carbocycles. The number of amides is 1. The van der Waals surface area contributed by atoms with Crippen molar-refractivity contribution in [3.8, 4) is 0 Å². The summed E-state index contributed by atoms with van der Waals surface area (Å²) in [5.41, 5.74) is 7.64. The van der Waals surface area contributed by atoms with Crippen LogP contribution in [0.25, 0.3) is 0 Å². The molecule has 0 saturated carbocycles. The first-order chi connectivity index (χ1) is 9.43. The molecule has 0 saturated heterocycles. The van der Waals surface area contributed by atoms with Gasteiger partial charge in [-0.3, -0.25) is 9.59 Å². The van der Waals surface area contributed by atoms with Gasteiger partial charge in [-0.25, -0.2) is 0 Å². The van der Waals surface area contributed by atoms with Gasteiger partial charge in [0.05, 0.1) is 19.1 Å². The maximum Gasteiger partial charge on any atom is 0.310 e. The highest BCUT2D eigenvalue weighted by molar-refractivity contribution is 5.85. The largest absolute Gasteiger partial charge is 0.469 e. The molecule has 1 aromatic rings. The molecular formula is C15H23ClN2O3. The summed E-state index contributed by atoms with van der Waals surface area (Å²) in [6.45, 7) is 3.82. The van der Waals surface area contributed by atoms with Crippen LogP contribution < -0.4 is 11.1 Å². The Hall–Kier alpha value is -1.59. The predicted molar refractivity (Wildman–Crippen MR) is 84.3 cm³/mol. The number of rotatable bonds is 6. The average molecular weight is 315 g/mol. The van der Waals surface area contributed by atoms with Crippen LogP contribution in [-0.4, -0.2) is 31.6 Å². The third-order valence-electron chi connectivity index (χ3n) is 3.04. The minimum atomic E-state index is -0.590. The Kier molecular flexibility index (Phi) is 8.66. The summed E-state index contributed by atoms with van der Waals surface area (Å²) < 4.78 is 4.79. The van der Waals surface area contributed by atoms with E-state index in [2.05, 4.69) is 5.32 Å². The van der Waals surface area contributed by atoms with Gasteiger partial charge >= 0.3 is 5.97 Å². The Bertz CT molecular complexity index is 478. The average Bonchev–Trinajstić information content (AvgIpc) is 2.42. The fraction of sp³-hybridized carbons (Fsp3) is 0.467. The molecule has 0 fully saturated rings. The molecule has 0 aliphatic heterocycles. The molecule has 118 valence electrons. The van der Waals surface area contributed by atoms with E-state index in [1.54, 1.807) is 6.92 Å². The molecule has 2 atom stereocenters. The summed E-state index contributed by atoms with van der Waals surface area (Å²) in [4.78, 5) is 23.3.